The lowest BCUT2D eigenvalue weighted by Crippen LogP contribution is -2.16. The molecule has 152 valence electrons. The summed E-state index contributed by atoms with van der Waals surface area (Å²) >= 11 is 1.11. The van der Waals surface area contributed by atoms with Crippen LogP contribution >= 0.6 is 11.8 Å². The van der Waals surface area contributed by atoms with Gasteiger partial charge in [0.1, 0.15) is 11.5 Å². The van der Waals surface area contributed by atoms with Crippen LogP contribution in [0.1, 0.15) is 0 Å². The molecule has 2 aromatic carbocycles. The van der Waals surface area contributed by atoms with Gasteiger partial charge in [0.05, 0.1) is 12.9 Å². The molecule has 0 atom stereocenters. The molecule has 29 heavy (non-hydrogen) atoms. The average molecular weight is 421 g/mol. The van der Waals surface area contributed by atoms with E-state index >= 15 is 0 Å². The highest BCUT2D eigenvalue weighted by Crippen LogP contribution is 2.24. The number of hydrogen-bond acceptors (Lipinski definition) is 7. The summed E-state index contributed by atoms with van der Waals surface area (Å²) in [6, 6.07) is 12.8. The van der Waals surface area contributed by atoms with Crippen LogP contribution in [0.3, 0.4) is 0 Å². The standard InChI is InChI=1S/C18H17F2N5O3S/c1-27-13-6-2-11(3-7-13)16-23-24-18(25(16)21)29-10-15(26)22-12-4-8-14(9-5-12)28-17(19)20/h2-9,17H,10,21H2,1H3,(H,22,26). The maximum atomic E-state index is 12.1. The van der Waals surface area contributed by atoms with Crippen molar-refractivity contribution in [2.45, 2.75) is 11.8 Å². The Balaban J connectivity index is 1.57. The number of thioether (sulfide) groups is 1. The van der Waals surface area contributed by atoms with Crippen molar-refractivity contribution in [2.75, 3.05) is 24.0 Å². The summed E-state index contributed by atoms with van der Waals surface area (Å²) in [7, 11) is 1.58. The number of methoxy groups -OCH3 is 1. The van der Waals surface area contributed by atoms with Gasteiger partial charge in [-0.05, 0) is 48.5 Å². The maximum Gasteiger partial charge on any atom is 0.387 e. The number of nitrogen functional groups attached to an aromatic ring is 1. The largest absolute Gasteiger partial charge is 0.497 e. The first kappa shape index (κ1) is 20.4. The van der Waals surface area contributed by atoms with Gasteiger partial charge in [-0.1, -0.05) is 11.8 Å². The second-order valence-corrected chi connectivity index (χ2v) is 6.59. The van der Waals surface area contributed by atoms with Crippen LogP contribution in [0, 0.1) is 0 Å². The van der Waals surface area contributed by atoms with E-state index in [4.69, 9.17) is 10.6 Å². The van der Waals surface area contributed by atoms with Gasteiger partial charge in [-0.15, -0.1) is 10.2 Å². The first-order chi connectivity index (χ1) is 14.0. The molecule has 1 aromatic heterocycles. The summed E-state index contributed by atoms with van der Waals surface area (Å²) in [6.07, 6.45) is 0. The lowest BCUT2D eigenvalue weighted by Gasteiger charge is -2.07. The Morgan fingerprint density at radius 1 is 1.14 bits per heavy atom. The Labute approximate surface area is 169 Å². The number of carbonyl (C=O) groups is 1. The van der Waals surface area contributed by atoms with Crippen molar-refractivity contribution in [3.05, 3.63) is 48.5 Å². The minimum atomic E-state index is -2.90. The smallest absolute Gasteiger partial charge is 0.387 e. The Hall–Kier alpha value is -3.34. The zero-order valence-corrected chi connectivity index (χ0v) is 16.0. The van der Waals surface area contributed by atoms with E-state index in [1.54, 1.807) is 31.4 Å². The molecule has 0 unspecified atom stereocenters. The van der Waals surface area contributed by atoms with Gasteiger partial charge in [0.25, 0.3) is 0 Å². The second kappa shape index (κ2) is 9.24. The maximum absolute atomic E-state index is 12.1. The van der Waals surface area contributed by atoms with Gasteiger partial charge in [0.2, 0.25) is 11.1 Å². The number of nitrogens with one attached hydrogen (secondary N) is 1. The number of carbonyl (C=O) groups excluding carboxylic acids is 1. The van der Waals surface area contributed by atoms with Crippen molar-refractivity contribution in [1.82, 2.24) is 14.9 Å². The molecule has 0 radical (unpaired) electrons. The fraction of sp³-hybridized carbons (Fsp3) is 0.167. The Morgan fingerprint density at radius 3 is 2.41 bits per heavy atom. The zero-order chi connectivity index (χ0) is 20.8. The second-order valence-electron chi connectivity index (χ2n) is 5.64. The predicted molar refractivity (Wildman–Crippen MR) is 105 cm³/mol. The third kappa shape index (κ3) is 5.35. The Kier molecular flexibility index (Phi) is 6.50. The van der Waals surface area contributed by atoms with Crippen molar-refractivity contribution in [3.63, 3.8) is 0 Å². The van der Waals surface area contributed by atoms with Crippen molar-refractivity contribution in [1.29, 1.82) is 0 Å². The van der Waals surface area contributed by atoms with Crippen molar-refractivity contribution >= 4 is 23.4 Å². The summed E-state index contributed by atoms with van der Waals surface area (Å²) in [5.41, 5.74) is 1.20. The van der Waals surface area contributed by atoms with E-state index in [0.29, 0.717) is 22.4 Å². The number of benzene rings is 2. The first-order valence-electron chi connectivity index (χ1n) is 8.28. The molecule has 0 aliphatic heterocycles. The zero-order valence-electron chi connectivity index (χ0n) is 15.2. The number of hydrogen-bond donors (Lipinski definition) is 2. The van der Waals surface area contributed by atoms with Gasteiger partial charge in [-0.3, -0.25) is 4.79 Å². The van der Waals surface area contributed by atoms with Gasteiger partial charge >= 0.3 is 6.61 Å². The molecule has 11 heteroatoms. The van der Waals surface area contributed by atoms with Crippen LogP contribution in [-0.2, 0) is 4.79 Å². The summed E-state index contributed by atoms with van der Waals surface area (Å²) in [6.45, 7) is -2.90. The molecule has 3 N–H and O–H groups in total. The minimum Gasteiger partial charge on any atom is -0.497 e. The van der Waals surface area contributed by atoms with Gasteiger partial charge in [-0.2, -0.15) is 8.78 Å². The fourth-order valence-electron chi connectivity index (χ4n) is 2.36. The molecule has 1 heterocycles. The van der Waals surface area contributed by atoms with Crippen LogP contribution in [-0.4, -0.2) is 40.3 Å². The van der Waals surface area contributed by atoms with Crippen LogP contribution in [0.25, 0.3) is 11.4 Å². The Morgan fingerprint density at radius 2 is 1.79 bits per heavy atom. The summed E-state index contributed by atoms with van der Waals surface area (Å²) in [5, 5.41) is 11.1. The van der Waals surface area contributed by atoms with Crippen molar-refractivity contribution < 1.29 is 23.0 Å². The number of anilines is 1. The summed E-state index contributed by atoms with van der Waals surface area (Å²) in [5.74, 6) is 6.92. The van der Waals surface area contributed by atoms with E-state index in [1.807, 2.05) is 0 Å². The van der Waals surface area contributed by atoms with Crippen LogP contribution in [0.5, 0.6) is 11.5 Å². The number of rotatable bonds is 8. The highest BCUT2D eigenvalue weighted by molar-refractivity contribution is 7.99. The number of alkyl halides is 2. The van der Waals surface area contributed by atoms with E-state index in [1.165, 1.54) is 28.9 Å². The molecule has 3 aromatic rings. The fourth-order valence-corrected chi connectivity index (χ4v) is 3.02. The van der Waals surface area contributed by atoms with Gasteiger partial charge < -0.3 is 20.6 Å². The molecule has 0 bridgehead atoms. The van der Waals surface area contributed by atoms with Crippen LogP contribution in [0.15, 0.2) is 53.7 Å². The number of nitrogens with two attached hydrogens (primary N) is 1. The normalized spacial score (nSPS) is 10.8. The topological polar surface area (TPSA) is 104 Å². The van der Waals surface area contributed by atoms with E-state index in [9.17, 15) is 13.6 Å². The predicted octanol–water partition coefficient (Wildman–Crippen LogP) is 3.00. The third-order valence-corrected chi connectivity index (χ3v) is 4.65. The molecule has 0 spiro atoms. The number of amides is 1. The van der Waals surface area contributed by atoms with Crippen LogP contribution < -0.4 is 20.6 Å². The number of nitrogens with zero attached hydrogens (tertiary/aromatic N) is 3. The molecule has 1 amide bonds. The number of ether oxygens (including phenoxy) is 2. The monoisotopic (exact) mass is 421 g/mol. The SMILES string of the molecule is COc1ccc(-c2nnc(SCC(=O)Nc3ccc(OC(F)F)cc3)n2N)cc1. The molecule has 0 aliphatic carbocycles. The van der Waals surface area contributed by atoms with Crippen LogP contribution in [0.4, 0.5) is 14.5 Å². The van der Waals surface area contributed by atoms with Crippen molar-refractivity contribution in [3.8, 4) is 22.9 Å². The molecule has 0 saturated heterocycles. The van der Waals surface area contributed by atoms with Crippen LogP contribution in [0.2, 0.25) is 0 Å². The molecule has 3 rings (SSSR count). The molecule has 0 aliphatic rings. The lowest BCUT2D eigenvalue weighted by atomic mass is 10.2. The van der Waals surface area contributed by atoms with Crippen molar-refractivity contribution in [2.24, 2.45) is 0 Å². The number of halogens is 2. The molecule has 0 saturated carbocycles. The lowest BCUT2D eigenvalue weighted by molar-refractivity contribution is -0.113. The molecule has 8 nitrogen and oxygen atoms in total. The average Bonchev–Trinajstić information content (AvgIpc) is 3.08. The van der Waals surface area contributed by atoms with Gasteiger partial charge in [-0.25, -0.2) is 4.68 Å². The van der Waals surface area contributed by atoms with E-state index in [-0.39, 0.29) is 17.4 Å². The summed E-state index contributed by atoms with van der Waals surface area (Å²) < 4.78 is 35.0. The molecular weight excluding hydrogens is 404 g/mol. The summed E-state index contributed by atoms with van der Waals surface area (Å²) in [4.78, 5) is 12.1. The molecule has 0 fully saturated rings. The molecular formula is C18H17F2N5O3S. The number of aromatic nitrogens is 3. The highest BCUT2D eigenvalue weighted by atomic mass is 32.2. The first-order valence-corrected chi connectivity index (χ1v) is 9.27. The van der Waals surface area contributed by atoms with Gasteiger partial charge in [0.15, 0.2) is 5.82 Å². The third-order valence-electron chi connectivity index (χ3n) is 3.71. The van der Waals surface area contributed by atoms with E-state index < -0.39 is 6.61 Å². The highest BCUT2D eigenvalue weighted by Gasteiger charge is 2.14. The van der Waals surface area contributed by atoms with Gasteiger partial charge in [0, 0.05) is 11.3 Å². The quantitative estimate of drug-likeness (QED) is 0.426. The van der Waals surface area contributed by atoms with E-state index in [0.717, 1.165) is 17.3 Å². The van der Waals surface area contributed by atoms with E-state index in [2.05, 4.69) is 20.3 Å². The minimum absolute atomic E-state index is 0.00895. The Bertz CT molecular complexity index is 965.